The molecule has 1 heterocycles. The summed E-state index contributed by atoms with van der Waals surface area (Å²) in [6.07, 6.45) is 8.92. The Balaban J connectivity index is 1.18. The van der Waals surface area contributed by atoms with Crippen molar-refractivity contribution in [3.05, 3.63) is 186 Å². The molecule has 0 amide bonds. The first-order chi connectivity index (χ1) is 24.5. The van der Waals surface area contributed by atoms with E-state index in [-0.39, 0.29) is 5.41 Å². The molecule has 0 saturated heterocycles. The highest BCUT2D eigenvalue weighted by Crippen LogP contribution is 2.51. The third-order valence-corrected chi connectivity index (χ3v) is 10.8. The highest BCUT2D eigenvalue weighted by molar-refractivity contribution is 6.11. The first-order valence-electron chi connectivity index (χ1n) is 17.8. The zero-order chi connectivity index (χ0) is 33.8. The molecule has 0 atom stereocenters. The van der Waals surface area contributed by atoms with Crippen LogP contribution in [0.2, 0.25) is 0 Å². The molecule has 2 heteroatoms. The third kappa shape index (κ3) is 4.78. The van der Waals surface area contributed by atoms with Crippen LogP contribution in [-0.4, -0.2) is 4.57 Å². The summed E-state index contributed by atoms with van der Waals surface area (Å²) in [6.45, 7) is 6.87. The lowest BCUT2D eigenvalue weighted by Gasteiger charge is -2.31. The minimum atomic E-state index is -0.0134. The van der Waals surface area contributed by atoms with E-state index in [0.717, 1.165) is 12.8 Å². The van der Waals surface area contributed by atoms with Crippen LogP contribution in [0.5, 0.6) is 0 Å². The van der Waals surface area contributed by atoms with Crippen LogP contribution >= 0.6 is 0 Å². The molecule has 0 aliphatic heterocycles. The van der Waals surface area contributed by atoms with Gasteiger partial charge in [-0.15, -0.1) is 0 Å². The Morgan fingerprint density at radius 2 is 1.32 bits per heavy atom. The molecule has 0 N–H and O–H groups in total. The Hall–Kier alpha value is -5.86. The zero-order valence-corrected chi connectivity index (χ0v) is 28.9. The number of benzene rings is 6. The lowest BCUT2D eigenvalue weighted by molar-refractivity contribution is 0.648. The predicted molar refractivity (Wildman–Crippen MR) is 213 cm³/mol. The van der Waals surface area contributed by atoms with Gasteiger partial charge in [-0.2, -0.15) is 0 Å². The van der Waals surface area contributed by atoms with E-state index in [4.69, 9.17) is 0 Å². The first-order valence-corrected chi connectivity index (χ1v) is 17.8. The number of aromatic nitrogens is 1. The minimum Gasteiger partial charge on any atom is -0.321 e. The number of allylic oxidation sites excluding steroid dienone is 5. The van der Waals surface area contributed by atoms with Crippen LogP contribution in [0.25, 0.3) is 55.3 Å². The van der Waals surface area contributed by atoms with Crippen molar-refractivity contribution in [2.24, 2.45) is 0 Å². The first kappa shape index (κ1) is 30.2. The molecule has 0 radical (unpaired) electrons. The van der Waals surface area contributed by atoms with E-state index in [1.54, 1.807) is 0 Å². The second kappa shape index (κ2) is 11.9. The van der Waals surface area contributed by atoms with Gasteiger partial charge < -0.3 is 9.47 Å². The molecule has 0 spiro atoms. The van der Waals surface area contributed by atoms with Crippen LogP contribution in [0.4, 0.5) is 5.69 Å². The largest absolute Gasteiger partial charge is 0.321 e. The fraction of sp³-hybridized carbons (Fsp3) is 0.125. The number of hydrogen-bond acceptors (Lipinski definition) is 1. The molecule has 0 fully saturated rings. The Labute approximate surface area is 295 Å². The molecule has 2 aliphatic rings. The molecule has 0 unspecified atom stereocenters. The summed E-state index contributed by atoms with van der Waals surface area (Å²) in [7, 11) is 0. The summed E-state index contributed by atoms with van der Waals surface area (Å²) >= 11 is 0. The maximum Gasteiger partial charge on any atom is 0.0541 e. The molecular formula is C48H40N2. The quantitative estimate of drug-likeness (QED) is 0.175. The van der Waals surface area contributed by atoms with E-state index in [9.17, 15) is 0 Å². The standard InChI is InChI=1S/C48H40N2/c1-4-29-49(37-25-27-40-39-19-11-13-21-44(39)48(2,3)45(40)32-37)36-24-26-38(42(31-36)33-15-7-5-8-16-33)34-23-28-47-43(30-34)41-20-12-14-22-46(41)50(47)35-17-9-6-10-18-35/h4-24,26,28-32H,25,27H2,1-3H3/b29-4+. The number of anilines is 1. The topological polar surface area (TPSA) is 8.17 Å². The molecule has 2 nitrogen and oxygen atoms in total. The fourth-order valence-corrected chi connectivity index (χ4v) is 8.46. The average Bonchev–Trinajstić information content (AvgIpc) is 3.62. The van der Waals surface area contributed by atoms with Gasteiger partial charge in [0.2, 0.25) is 0 Å². The number of nitrogens with zero attached hydrogens (tertiary/aromatic N) is 2. The molecule has 2 aliphatic carbocycles. The van der Waals surface area contributed by atoms with Crippen molar-refractivity contribution in [1.82, 2.24) is 4.57 Å². The summed E-state index contributed by atoms with van der Waals surface area (Å²) in [6, 6.07) is 53.3. The van der Waals surface area contributed by atoms with E-state index in [2.05, 4.69) is 194 Å². The number of fused-ring (bicyclic) bond motifs is 5. The van der Waals surface area contributed by atoms with Gasteiger partial charge in [0.1, 0.15) is 0 Å². The van der Waals surface area contributed by atoms with Gasteiger partial charge in [-0.3, -0.25) is 0 Å². The molecule has 1 aromatic heterocycles. The van der Waals surface area contributed by atoms with Crippen LogP contribution < -0.4 is 4.90 Å². The summed E-state index contributed by atoms with van der Waals surface area (Å²) in [4.78, 5) is 2.41. The summed E-state index contributed by atoms with van der Waals surface area (Å²) in [5, 5.41) is 2.53. The van der Waals surface area contributed by atoms with Crippen LogP contribution in [0.1, 0.15) is 44.7 Å². The van der Waals surface area contributed by atoms with Crippen molar-refractivity contribution in [1.29, 1.82) is 0 Å². The van der Waals surface area contributed by atoms with Crippen molar-refractivity contribution in [2.45, 2.75) is 39.0 Å². The summed E-state index contributed by atoms with van der Waals surface area (Å²) in [5.74, 6) is 0. The van der Waals surface area contributed by atoms with Gasteiger partial charge in [0.15, 0.2) is 0 Å². The maximum atomic E-state index is 2.48. The molecule has 7 aromatic rings. The Morgan fingerprint density at radius 1 is 0.600 bits per heavy atom. The van der Waals surface area contributed by atoms with Crippen LogP contribution in [0, 0.1) is 0 Å². The smallest absolute Gasteiger partial charge is 0.0541 e. The van der Waals surface area contributed by atoms with Gasteiger partial charge in [0.25, 0.3) is 0 Å². The maximum absolute atomic E-state index is 2.48. The minimum absolute atomic E-state index is 0.0134. The third-order valence-electron chi connectivity index (χ3n) is 10.8. The van der Waals surface area contributed by atoms with Gasteiger partial charge in [0, 0.05) is 39.5 Å². The van der Waals surface area contributed by atoms with Crippen LogP contribution in [0.3, 0.4) is 0 Å². The molecular weight excluding hydrogens is 605 g/mol. The molecule has 6 aromatic carbocycles. The average molecular weight is 645 g/mol. The van der Waals surface area contributed by atoms with Gasteiger partial charge >= 0.3 is 0 Å². The lowest BCUT2D eigenvalue weighted by atomic mass is 9.79. The summed E-state index contributed by atoms with van der Waals surface area (Å²) < 4.78 is 2.38. The van der Waals surface area contributed by atoms with Gasteiger partial charge in [-0.05, 0) is 113 Å². The molecule has 9 rings (SSSR count). The fourth-order valence-electron chi connectivity index (χ4n) is 8.46. The highest BCUT2D eigenvalue weighted by Gasteiger charge is 2.38. The molecule has 242 valence electrons. The SMILES string of the molecule is C/C=C/N(C1=CC2=C(CC1)c1ccccc1C2(C)C)c1ccc(-c2ccc3c(c2)c2ccccc2n3-c2ccccc2)c(-c2ccccc2)c1. The van der Waals surface area contributed by atoms with Crippen LogP contribution in [0.15, 0.2) is 175 Å². The van der Waals surface area contributed by atoms with Crippen molar-refractivity contribution >= 4 is 33.1 Å². The number of rotatable bonds is 6. The van der Waals surface area contributed by atoms with Crippen molar-refractivity contribution in [2.75, 3.05) is 4.90 Å². The highest BCUT2D eigenvalue weighted by atomic mass is 15.1. The van der Waals surface area contributed by atoms with E-state index in [0.29, 0.717) is 0 Å². The van der Waals surface area contributed by atoms with Crippen molar-refractivity contribution in [3.63, 3.8) is 0 Å². The van der Waals surface area contributed by atoms with Gasteiger partial charge in [0.05, 0.1) is 11.0 Å². The monoisotopic (exact) mass is 644 g/mol. The Bertz CT molecular complexity index is 2510. The second-order valence-electron chi connectivity index (χ2n) is 14.1. The Kier molecular flexibility index (Phi) is 7.21. The molecule has 0 saturated carbocycles. The van der Waals surface area contributed by atoms with E-state index < -0.39 is 0 Å². The van der Waals surface area contributed by atoms with Gasteiger partial charge in [-0.1, -0.05) is 123 Å². The predicted octanol–water partition coefficient (Wildman–Crippen LogP) is 12.9. The zero-order valence-electron chi connectivity index (χ0n) is 28.9. The second-order valence-corrected chi connectivity index (χ2v) is 14.1. The Morgan fingerprint density at radius 3 is 2.14 bits per heavy atom. The molecule has 0 bridgehead atoms. The normalized spacial score (nSPS) is 15.1. The van der Waals surface area contributed by atoms with E-state index in [1.165, 1.54) is 83.4 Å². The summed E-state index contributed by atoms with van der Waals surface area (Å²) in [5.41, 5.74) is 16.8. The van der Waals surface area contributed by atoms with Crippen LogP contribution in [-0.2, 0) is 5.41 Å². The number of hydrogen-bond donors (Lipinski definition) is 0. The van der Waals surface area contributed by atoms with E-state index in [1.807, 2.05) is 0 Å². The van der Waals surface area contributed by atoms with Crippen molar-refractivity contribution in [3.8, 4) is 27.9 Å². The van der Waals surface area contributed by atoms with E-state index >= 15 is 0 Å². The number of para-hydroxylation sites is 2. The van der Waals surface area contributed by atoms with Gasteiger partial charge in [-0.25, -0.2) is 0 Å². The lowest BCUT2D eigenvalue weighted by Crippen LogP contribution is -2.21. The van der Waals surface area contributed by atoms with Crippen molar-refractivity contribution < 1.29 is 0 Å². The molecule has 50 heavy (non-hydrogen) atoms.